The Morgan fingerprint density at radius 1 is 1.13 bits per heavy atom. The lowest BCUT2D eigenvalue weighted by Crippen LogP contribution is -2.41. The second kappa shape index (κ2) is 10.3. The first-order valence-electron chi connectivity index (χ1n) is 13.0. The van der Waals surface area contributed by atoms with Crippen LogP contribution in [0.4, 0.5) is 11.4 Å². The third kappa shape index (κ3) is 4.52. The number of methoxy groups -OCH3 is 1. The number of hydrogen-bond donors (Lipinski definition) is 1. The molecule has 6 rings (SSSR count). The van der Waals surface area contributed by atoms with Gasteiger partial charge in [-0.1, -0.05) is 18.2 Å². The predicted octanol–water partition coefficient (Wildman–Crippen LogP) is 3.55. The Morgan fingerprint density at radius 3 is 2.79 bits per heavy atom. The van der Waals surface area contributed by atoms with E-state index in [1.54, 1.807) is 40.2 Å². The van der Waals surface area contributed by atoms with Crippen molar-refractivity contribution in [1.82, 2.24) is 19.7 Å². The van der Waals surface area contributed by atoms with E-state index in [0.717, 1.165) is 28.4 Å². The third-order valence-electron chi connectivity index (χ3n) is 7.31. The van der Waals surface area contributed by atoms with Crippen LogP contribution in [-0.4, -0.2) is 63.7 Å². The Labute approximate surface area is 225 Å². The van der Waals surface area contributed by atoms with E-state index >= 15 is 0 Å². The highest BCUT2D eigenvalue weighted by Gasteiger charge is 2.37. The average Bonchev–Trinajstić information content (AvgIpc) is 3.68. The van der Waals surface area contributed by atoms with E-state index in [-0.39, 0.29) is 24.3 Å². The van der Waals surface area contributed by atoms with Crippen LogP contribution in [0.15, 0.2) is 67.1 Å². The number of carbonyl (C=O) groups excluding carboxylic acids is 3. The van der Waals surface area contributed by atoms with Gasteiger partial charge < -0.3 is 19.9 Å². The van der Waals surface area contributed by atoms with E-state index in [2.05, 4.69) is 15.4 Å². The molecular weight excluding hydrogens is 496 g/mol. The van der Waals surface area contributed by atoms with Crippen LogP contribution in [0.2, 0.25) is 0 Å². The van der Waals surface area contributed by atoms with Crippen molar-refractivity contribution in [2.75, 3.05) is 30.5 Å². The van der Waals surface area contributed by atoms with Gasteiger partial charge in [-0.05, 0) is 48.7 Å². The molecule has 2 aromatic heterocycles. The molecule has 0 bridgehead atoms. The van der Waals surface area contributed by atoms with Gasteiger partial charge in [0.05, 0.1) is 5.69 Å². The van der Waals surface area contributed by atoms with Crippen LogP contribution < -0.4 is 10.2 Å². The van der Waals surface area contributed by atoms with Crippen molar-refractivity contribution < 1.29 is 19.1 Å². The van der Waals surface area contributed by atoms with E-state index in [4.69, 9.17) is 4.74 Å². The fourth-order valence-electron chi connectivity index (χ4n) is 5.41. The predicted molar refractivity (Wildman–Crippen MR) is 146 cm³/mol. The monoisotopic (exact) mass is 524 g/mol. The maximum absolute atomic E-state index is 13.5. The highest BCUT2D eigenvalue weighted by atomic mass is 16.5. The van der Waals surface area contributed by atoms with E-state index in [1.165, 1.54) is 0 Å². The summed E-state index contributed by atoms with van der Waals surface area (Å²) in [6, 6.07) is 14.2. The molecule has 10 nitrogen and oxygen atoms in total. The lowest BCUT2D eigenvalue weighted by molar-refractivity contribution is -0.133. The molecule has 0 aliphatic carbocycles. The number of hydrogen-bond acceptors (Lipinski definition) is 6. The van der Waals surface area contributed by atoms with Gasteiger partial charge in [0, 0.05) is 73.8 Å². The van der Waals surface area contributed by atoms with Crippen LogP contribution >= 0.6 is 0 Å². The second-order valence-electron chi connectivity index (χ2n) is 9.70. The first kappa shape index (κ1) is 24.7. The minimum atomic E-state index is -0.599. The number of aromatic nitrogens is 3. The zero-order valence-electron chi connectivity index (χ0n) is 21.5. The number of likely N-dealkylation sites (tertiary alicyclic amines) is 1. The summed E-state index contributed by atoms with van der Waals surface area (Å²) in [6.07, 6.45) is 6.67. The highest BCUT2D eigenvalue weighted by Crippen LogP contribution is 2.41. The summed E-state index contributed by atoms with van der Waals surface area (Å²) in [7, 11) is 1.64. The van der Waals surface area contributed by atoms with Gasteiger partial charge >= 0.3 is 0 Å². The van der Waals surface area contributed by atoms with Crippen LogP contribution in [0.25, 0.3) is 16.6 Å². The number of anilines is 2. The molecule has 4 heterocycles. The number of benzene rings is 2. The Bertz CT molecular complexity index is 1550. The molecule has 0 radical (unpaired) electrons. The Kier molecular flexibility index (Phi) is 6.54. The standard InChI is InChI=1S/C29H28N6O4/c1-39-16-4-14-33-23-9-8-22(20-5-2-6-21(27(20)23)29(33)38)32-28(37)24-10-12-26(36)34(24)18-19-7-11-25(30-17-19)35-15-3-13-31-35/h2-3,5-9,11,13,15,17,24H,4,10,12,14,16,18H2,1H3,(H,32,37). The van der Waals surface area contributed by atoms with Crippen LogP contribution in [0, 0.1) is 0 Å². The molecule has 0 spiro atoms. The average molecular weight is 525 g/mol. The summed E-state index contributed by atoms with van der Waals surface area (Å²) in [5.74, 6) is 0.316. The molecule has 2 aliphatic rings. The summed E-state index contributed by atoms with van der Waals surface area (Å²) in [6.45, 7) is 1.41. The summed E-state index contributed by atoms with van der Waals surface area (Å²) in [4.78, 5) is 47.1. The number of carbonyl (C=O) groups is 3. The second-order valence-corrected chi connectivity index (χ2v) is 9.70. The zero-order chi connectivity index (χ0) is 26.9. The zero-order valence-corrected chi connectivity index (χ0v) is 21.5. The molecule has 1 fully saturated rings. The van der Waals surface area contributed by atoms with Crippen LogP contribution in [-0.2, 0) is 20.9 Å². The summed E-state index contributed by atoms with van der Waals surface area (Å²) in [5, 5.41) is 8.86. The molecule has 1 unspecified atom stereocenters. The van der Waals surface area contributed by atoms with E-state index in [9.17, 15) is 14.4 Å². The van der Waals surface area contributed by atoms with Crippen LogP contribution in [0.5, 0.6) is 0 Å². The first-order valence-corrected chi connectivity index (χ1v) is 13.0. The normalized spacial score (nSPS) is 16.5. The van der Waals surface area contributed by atoms with Crippen molar-refractivity contribution in [2.45, 2.75) is 31.8 Å². The third-order valence-corrected chi connectivity index (χ3v) is 7.31. The molecule has 1 N–H and O–H groups in total. The number of pyridine rings is 1. The Hall–Kier alpha value is -4.57. The topological polar surface area (TPSA) is 110 Å². The molecule has 3 amide bonds. The summed E-state index contributed by atoms with van der Waals surface area (Å²) >= 11 is 0. The first-order chi connectivity index (χ1) is 19.0. The molecule has 198 valence electrons. The molecule has 0 saturated carbocycles. The summed E-state index contributed by atoms with van der Waals surface area (Å²) < 4.78 is 6.81. The number of amides is 3. The van der Waals surface area contributed by atoms with Gasteiger partial charge in [0.25, 0.3) is 5.91 Å². The lowest BCUT2D eigenvalue weighted by atomic mass is 10.0. The maximum Gasteiger partial charge on any atom is 0.258 e. The van der Waals surface area contributed by atoms with Gasteiger partial charge in [0.15, 0.2) is 5.82 Å². The molecule has 1 atom stereocenters. The van der Waals surface area contributed by atoms with Gasteiger partial charge in [0.2, 0.25) is 11.8 Å². The van der Waals surface area contributed by atoms with E-state index in [0.29, 0.717) is 43.1 Å². The minimum Gasteiger partial charge on any atom is -0.385 e. The van der Waals surface area contributed by atoms with Crippen LogP contribution in [0.3, 0.4) is 0 Å². The SMILES string of the molecule is COCCCN1C(=O)c2cccc3c(NC(=O)C4CCC(=O)N4Cc4ccc(-n5cccn5)nc4)ccc1c23. The Balaban J connectivity index is 1.21. The number of nitrogens with zero attached hydrogens (tertiary/aromatic N) is 5. The van der Waals surface area contributed by atoms with Gasteiger partial charge in [0.1, 0.15) is 6.04 Å². The van der Waals surface area contributed by atoms with Crippen molar-refractivity contribution in [3.05, 3.63) is 78.2 Å². The van der Waals surface area contributed by atoms with Crippen LogP contribution in [0.1, 0.15) is 35.2 Å². The smallest absolute Gasteiger partial charge is 0.258 e. The van der Waals surface area contributed by atoms with Gasteiger partial charge in [-0.2, -0.15) is 5.10 Å². The van der Waals surface area contributed by atoms with Crippen molar-refractivity contribution in [1.29, 1.82) is 0 Å². The van der Waals surface area contributed by atoms with Crippen molar-refractivity contribution in [3.8, 4) is 5.82 Å². The van der Waals surface area contributed by atoms with Gasteiger partial charge in [-0.25, -0.2) is 9.67 Å². The fraction of sp³-hybridized carbons (Fsp3) is 0.276. The molecule has 4 aromatic rings. The van der Waals surface area contributed by atoms with E-state index in [1.807, 2.05) is 48.5 Å². The number of rotatable bonds is 9. The fourth-order valence-corrected chi connectivity index (χ4v) is 5.41. The van der Waals surface area contributed by atoms with E-state index < -0.39 is 6.04 Å². The number of ether oxygens (including phenoxy) is 1. The lowest BCUT2D eigenvalue weighted by Gasteiger charge is -2.24. The van der Waals surface area contributed by atoms with Gasteiger partial charge in [-0.15, -0.1) is 0 Å². The molecule has 1 saturated heterocycles. The summed E-state index contributed by atoms with van der Waals surface area (Å²) in [5.41, 5.74) is 2.91. The van der Waals surface area contributed by atoms with Crippen molar-refractivity contribution in [2.24, 2.45) is 0 Å². The van der Waals surface area contributed by atoms with Gasteiger partial charge in [-0.3, -0.25) is 14.4 Å². The Morgan fingerprint density at radius 2 is 2.03 bits per heavy atom. The minimum absolute atomic E-state index is 0.0464. The quantitative estimate of drug-likeness (QED) is 0.336. The maximum atomic E-state index is 13.5. The molecule has 2 aliphatic heterocycles. The highest BCUT2D eigenvalue weighted by molar-refractivity contribution is 6.27. The molecule has 39 heavy (non-hydrogen) atoms. The van der Waals surface area contributed by atoms with Crippen molar-refractivity contribution >= 4 is 39.9 Å². The molecule has 2 aromatic carbocycles. The molecular formula is C29H28N6O4. The largest absolute Gasteiger partial charge is 0.385 e. The van der Waals surface area contributed by atoms with Crippen molar-refractivity contribution in [3.63, 3.8) is 0 Å². The molecule has 10 heteroatoms. The number of nitrogens with one attached hydrogen (secondary N) is 1.